The van der Waals surface area contributed by atoms with Gasteiger partial charge in [-0.05, 0) is 37.6 Å². The highest BCUT2D eigenvalue weighted by Crippen LogP contribution is 2.18. The molecule has 0 unspecified atom stereocenters. The largest absolute Gasteiger partial charge is 0.491 e. The first-order valence-corrected chi connectivity index (χ1v) is 9.03. The van der Waals surface area contributed by atoms with Crippen molar-refractivity contribution in [3.63, 3.8) is 0 Å². The molecule has 1 atom stereocenters. The molecule has 24 heavy (non-hydrogen) atoms. The monoisotopic (exact) mass is 349 g/mol. The number of thiophene rings is 1. The fourth-order valence-corrected chi connectivity index (χ4v) is 3.43. The Morgan fingerprint density at radius 3 is 2.62 bits per heavy atom. The molecule has 2 rings (SSSR count). The Kier molecular flexibility index (Phi) is 7.72. The minimum Gasteiger partial charge on any atom is -0.491 e. The third kappa shape index (κ3) is 6.24. The van der Waals surface area contributed by atoms with Crippen molar-refractivity contribution in [3.05, 3.63) is 51.7 Å². The van der Waals surface area contributed by atoms with Crippen LogP contribution in [0.1, 0.15) is 15.3 Å². The van der Waals surface area contributed by atoms with Crippen LogP contribution in [0.5, 0.6) is 5.75 Å². The molecule has 0 amide bonds. The quantitative estimate of drug-likeness (QED) is 0.715. The Hall–Kier alpha value is -1.40. The average Bonchev–Trinajstić information content (AvgIpc) is 2.97. The van der Waals surface area contributed by atoms with E-state index in [1.165, 1.54) is 9.75 Å². The molecule has 132 valence electrons. The van der Waals surface area contributed by atoms with E-state index in [0.717, 1.165) is 24.4 Å². The zero-order valence-corrected chi connectivity index (χ0v) is 15.5. The van der Waals surface area contributed by atoms with Gasteiger partial charge in [0.1, 0.15) is 18.5 Å². The van der Waals surface area contributed by atoms with Crippen molar-refractivity contribution in [2.45, 2.75) is 26.5 Å². The van der Waals surface area contributed by atoms with E-state index < -0.39 is 6.10 Å². The van der Waals surface area contributed by atoms with Crippen LogP contribution in [0.4, 0.5) is 0 Å². The van der Waals surface area contributed by atoms with E-state index >= 15 is 0 Å². The lowest BCUT2D eigenvalue weighted by Gasteiger charge is -2.24. The normalized spacial score (nSPS) is 12.5. The maximum atomic E-state index is 10.4. The maximum absolute atomic E-state index is 10.4. The maximum Gasteiger partial charge on any atom is 0.122 e. The van der Waals surface area contributed by atoms with Gasteiger partial charge in [-0.2, -0.15) is 0 Å². The van der Waals surface area contributed by atoms with Crippen LogP contribution in [0.15, 0.2) is 36.4 Å². The van der Waals surface area contributed by atoms with Crippen LogP contribution in [-0.2, 0) is 11.3 Å². The van der Waals surface area contributed by atoms with E-state index in [-0.39, 0.29) is 6.61 Å². The van der Waals surface area contributed by atoms with Gasteiger partial charge < -0.3 is 14.6 Å². The number of ether oxygens (including phenoxy) is 2. The molecule has 0 aliphatic heterocycles. The summed E-state index contributed by atoms with van der Waals surface area (Å²) in [5.74, 6) is 0.828. The predicted molar refractivity (Wildman–Crippen MR) is 98.9 cm³/mol. The molecule has 0 saturated carbocycles. The minimum atomic E-state index is -0.539. The van der Waals surface area contributed by atoms with Gasteiger partial charge >= 0.3 is 0 Å². The first-order valence-electron chi connectivity index (χ1n) is 8.21. The number of aryl methyl sites for hydroxylation is 2. The highest BCUT2D eigenvalue weighted by Gasteiger charge is 2.14. The van der Waals surface area contributed by atoms with Crippen LogP contribution in [0.2, 0.25) is 0 Å². The second-order valence-corrected chi connectivity index (χ2v) is 7.34. The third-order valence-corrected chi connectivity index (χ3v) is 4.77. The first-order chi connectivity index (χ1) is 11.6. The molecular formula is C19H27NO3S. The molecule has 0 fully saturated rings. The van der Waals surface area contributed by atoms with E-state index in [1.54, 1.807) is 18.4 Å². The summed E-state index contributed by atoms with van der Waals surface area (Å²) in [4.78, 5) is 4.82. The van der Waals surface area contributed by atoms with Gasteiger partial charge in [-0.25, -0.2) is 0 Å². The topological polar surface area (TPSA) is 41.9 Å². The molecule has 1 aromatic heterocycles. The van der Waals surface area contributed by atoms with Crippen molar-refractivity contribution in [2.75, 3.05) is 33.4 Å². The molecule has 1 heterocycles. The van der Waals surface area contributed by atoms with Crippen LogP contribution in [0.25, 0.3) is 0 Å². The predicted octanol–water partition coefficient (Wildman–Crippen LogP) is 3.25. The Bertz CT molecular complexity index is 614. The van der Waals surface area contributed by atoms with Crippen LogP contribution in [-0.4, -0.2) is 49.5 Å². The fraction of sp³-hybridized carbons (Fsp3) is 0.474. The number of benzene rings is 1. The van der Waals surface area contributed by atoms with Crippen molar-refractivity contribution < 1.29 is 14.6 Å². The van der Waals surface area contributed by atoms with E-state index in [4.69, 9.17) is 9.47 Å². The molecule has 0 aliphatic rings. The number of rotatable bonds is 10. The lowest BCUT2D eigenvalue weighted by molar-refractivity contribution is 0.0544. The van der Waals surface area contributed by atoms with Gasteiger partial charge in [-0.3, -0.25) is 4.90 Å². The third-order valence-electron chi connectivity index (χ3n) is 3.78. The summed E-state index contributed by atoms with van der Waals surface area (Å²) in [5, 5.41) is 10.4. The van der Waals surface area contributed by atoms with Crippen molar-refractivity contribution in [1.82, 2.24) is 4.90 Å². The SMILES string of the molecule is COCCN(Cc1ccc(C)s1)C[C@H](O)COc1ccccc1C. The number of hydrogen-bond donors (Lipinski definition) is 1. The highest BCUT2D eigenvalue weighted by molar-refractivity contribution is 7.11. The Morgan fingerprint density at radius 1 is 1.17 bits per heavy atom. The Labute approximate surface area is 148 Å². The van der Waals surface area contributed by atoms with Crippen molar-refractivity contribution >= 4 is 11.3 Å². The minimum absolute atomic E-state index is 0.289. The lowest BCUT2D eigenvalue weighted by Crippen LogP contribution is -2.37. The number of nitrogens with zero attached hydrogens (tertiary/aromatic N) is 1. The highest BCUT2D eigenvalue weighted by atomic mass is 32.1. The van der Waals surface area contributed by atoms with Gasteiger partial charge in [0.25, 0.3) is 0 Å². The molecule has 4 nitrogen and oxygen atoms in total. The smallest absolute Gasteiger partial charge is 0.122 e. The number of para-hydroxylation sites is 1. The van der Waals surface area contributed by atoms with Gasteiger partial charge in [0.2, 0.25) is 0 Å². The fourth-order valence-electron chi connectivity index (χ4n) is 2.50. The molecule has 0 aliphatic carbocycles. The number of methoxy groups -OCH3 is 1. The molecule has 0 saturated heterocycles. The van der Waals surface area contributed by atoms with E-state index in [0.29, 0.717) is 13.2 Å². The van der Waals surface area contributed by atoms with Gasteiger partial charge in [0, 0.05) is 36.5 Å². The average molecular weight is 349 g/mol. The molecule has 0 radical (unpaired) electrons. The van der Waals surface area contributed by atoms with E-state index in [9.17, 15) is 5.11 Å². The van der Waals surface area contributed by atoms with Crippen LogP contribution < -0.4 is 4.74 Å². The van der Waals surface area contributed by atoms with Crippen LogP contribution in [0.3, 0.4) is 0 Å². The zero-order valence-electron chi connectivity index (χ0n) is 14.7. The van der Waals surface area contributed by atoms with E-state index in [2.05, 4.69) is 24.0 Å². The lowest BCUT2D eigenvalue weighted by atomic mass is 10.2. The van der Waals surface area contributed by atoms with Crippen molar-refractivity contribution in [2.24, 2.45) is 0 Å². The molecule has 0 spiro atoms. The summed E-state index contributed by atoms with van der Waals surface area (Å²) in [7, 11) is 1.70. The summed E-state index contributed by atoms with van der Waals surface area (Å²) in [5.41, 5.74) is 1.08. The summed E-state index contributed by atoms with van der Waals surface area (Å²) >= 11 is 1.79. The van der Waals surface area contributed by atoms with Crippen molar-refractivity contribution in [3.8, 4) is 5.75 Å². The molecule has 1 N–H and O–H groups in total. The molecule has 5 heteroatoms. The first kappa shape index (κ1) is 18.9. The summed E-state index contributed by atoms with van der Waals surface area (Å²) in [6.45, 7) is 7.22. The summed E-state index contributed by atoms with van der Waals surface area (Å²) in [6.07, 6.45) is -0.539. The molecule has 0 bridgehead atoms. The molecule has 1 aromatic carbocycles. The number of aliphatic hydroxyl groups is 1. The van der Waals surface area contributed by atoms with Crippen LogP contribution >= 0.6 is 11.3 Å². The standard InChI is InChI=1S/C19H27NO3S/c1-15-6-4-5-7-19(15)23-14-17(21)12-20(10-11-22-3)13-18-9-8-16(2)24-18/h4-9,17,21H,10-14H2,1-3H3/t17-/m0/s1. The van der Waals surface area contributed by atoms with Gasteiger partial charge in [0.05, 0.1) is 6.61 Å². The summed E-state index contributed by atoms with van der Waals surface area (Å²) < 4.78 is 10.9. The Morgan fingerprint density at radius 2 is 1.96 bits per heavy atom. The van der Waals surface area contributed by atoms with Crippen LogP contribution in [0, 0.1) is 13.8 Å². The second kappa shape index (κ2) is 9.79. The number of aliphatic hydroxyl groups excluding tert-OH is 1. The van der Waals surface area contributed by atoms with Gasteiger partial charge in [-0.1, -0.05) is 18.2 Å². The zero-order chi connectivity index (χ0) is 17.4. The Balaban J connectivity index is 1.86. The molecule has 2 aromatic rings. The molecular weight excluding hydrogens is 322 g/mol. The second-order valence-electron chi connectivity index (χ2n) is 5.97. The number of hydrogen-bond acceptors (Lipinski definition) is 5. The van der Waals surface area contributed by atoms with E-state index in [1.807, 2.05) is 31.2 Å². The van der Waals surface area contributed by atoms with Crippen molar-refractivity contribution in [1.29, 1.82) is 0 Å². The van der Waals surface area contributed by atoms with Gasteiger partial charge in [-0.15, -0.1) is 11.3 Å². The summed E-state index contributed by atoms with van der Waals surface area (Å²) in [6, 6.07) is 12.1. The van der Waals surface area contributed by atoms with Gasteiger partial charge in [0.15, 0.2) is 0 Å².